The fourth-order valence-corrected chi connectivity index (χ4v) is 4.28. The molecule has 0 bridgehead atoms. The molecule has 8 nitrogen and oxygen atoms in total. The monoisotopic (exact) mass is 399 g/mol. The van der Waals surface area contributed by atoms with Crippen molar-refractivity contribution >= 4 is 21.6 Å². The van der Waals surface area contributed by atoms with Gasteiger partial charge < -0.3 is 14.8 Å². The lowest BCUT2D eigenvalue weighted by Crippen LogP contribution is -2.50. The zero-order valence-electron chi connectivity index (χ0n) is 16.2. The molecule has 1 N–H and O–H groups in total. The van der Waals surface area contributed by atoms with Crippen LogP contribution in [0.2, 0.25) is 0 Å². The highest BCUT2D eigenvalue weighted by Gasteiger charge is 2.31. The molecule has 0 saturated carbocycles. The predicted octanol–water partition coefficient (Wildman–Crippen LogP) is 0.688. The maximum absolute atomic E-state index is 12.7. The molecule has 1 aromatic carbocycles. The lowest BCUT2D eigenvalue weighted by Gasteiger charge is -2.31. The Morgan fingerprint density at radius 2 is 1.93 bits per heavy atom. The highest BCUT2D eigenvalue weighted by Crippen LogP contribution is 2.25. The van der Waals surface area contributed by atoms with Gasteiger partial charge in [0.05, 0.1) is 32.3 Å². The van der Waals surface area contributed by atoms with Gasteiger partial charge in [-0.15, -0.1) is 0 Å². The van der Waals surface area contributed by atoms with Gasteiger partial charge in [0.25, 0.3) is 0 Å². The molecule has 0 unspecified atom stereocenters. The van der Waals surface area contributed by atoms with Gasteiger partial charge in [-0.3, -0.25) is 14.0 Å². The Kier molecular flexibility index (Phi) is 7.88. The number of rotatable bonds is 9. The maximum Gasteiger partial charge on any atom is 0.243 e. The highest BCUT2D eigenvalue weighted by molar-refractivity contribution is 7.92. The number of benzene rings is 1. The number of hydrogen-bond acceptors (Lipinski definition) is 6. The first-order valence-corrected chi connectivity index (χ1v) is 10.9. The first-order chi connectivity index (χ1) is 12.9. The van der Waals surface area contributed by atoms with Gasteiger partial charge in [-0.2, -0.15) is 0 Å². The number of carbonyl (C=O) groups is 1. The van der Waals surface area contributed by atoms with Crippen molar-refractivity contribution in [2.75, 3.05) is 57.1 Å². The summed E-state index contributed by atoms with van der Waals surface area (Å²) in [6, 6.07) is 5.83. The first kappa shape index (κ1) is 21.5. The third kappa shape index (κ3) is 6.08. The summed E-state index contributed by atoms with van der Waals surface area (Å²) in [5.41, 5.74) is 0.438. The van der Waals surface area contributed by atoms with Gasteiger partial charge in [-0.25, -0.2) is 8.42 Å². The second-order valence-electron chi connectivity index (χ2n) is 6.43. The van der Waals surface area contributed by atoms with Gasteiger partial charge in [-0.05, 0) is 30.7 Å². The zero-order valence-corrected chi connectivity index (χ0v) is 17.0. The maximum atomic E-state index is 12.7. The Morgan fingerprint density at radius 1 is 1.30 bits per heavy atom. The summed E-state index contributed by atoms with van der Waals surface area (Å²) in [4.78, 5) is 14.9. The molecule has 27 heavy (non-hydrogen) atoms. The van der Waals surface area contributed by atoms with Gasteiger partial charge in [0.15, 0.2) is 0 Å². The number of sulfonamides is 1. The number of amides is 1. The molecular weight excluding hydrogens is 370 g/mol. The van der Waals surface area contributed by atoms with Crippen molar-refractivity contribution in [3.05, 3.63) is 24.3 Å². The van der Waals surface area contributed by atoms with Crippen molar-refractivity contribution < 1.29 is 22.7 Å². The van der Waals surface area contributed by atoms with Crippen molar-refractivity contribution in [3.63, 3.8) is 0 Å². The highest BCUT2D eigenvalue weighted by atomic mass is 32.2. The summed E-state index contributed by atoms with van der Waals surface area (Å²) in [5, 5.41) is 2.87. The lowest BCUT2D eigenvalue weighted by molar-refractivity contribution is -0.122. The van der Waals surface area contributed by atoms with Crippen LogP contribution in [-0.4, -0.2) is 78.0 Å². The van der Waals surface area contributed by atoms with Crippen molar-refractivity contribution in [1.82, 2.24) is 10.2 Å². The van der Waals surface area contributed by atoms with Crippen molar-refractivity contribution in [3.8, 4) is 5.75 Å². The molecule has 152 valence electrons. The van der Waals surface area contributed by atoms with Crippen molar-refractivity contribution in [2.45, 2.75) is 19.4 Å². The van der Waals surface area contributed by atoms with E-state index in [1.807, 2.05) is 0 Å². The predicted molar refractivity (Wildman–Crippen MR) is 105 cm³/mol. The molecule has 1 heterocycles. The number of ether oxygens (including phenoxy) is 2. The second-order valence-corrected chi connectivity index (χ2v) is 8.29. The summed E-state index contributed by atoms with van der Waals surface area (Å²) in [6.45, 7) is 6.06. The van der Waals surface area contributed by atoms with Crippen molar-refractivity contribution in [1.29, 1.82) is 0 Å². The number of carbonyl (C=O) groups excluding carboxylic acids is 1. The minimum absolute atomic E-state index is 0.299. The van der Waals surface area contributed by atoms with E-state index in [0.29, 0.717) is 44.2 Å². The van der Waals surface area contributed by atoms with Crippen LogP contribution in [-0.2, 0) is 19.6 Å². The molecule has 1 saturated heterocycles. The third-order valence-corrected chi connectivity index (χ3v) is 5.67. The van der Waals surface area contributed by atoms with Gasteiger partial charge in [-0.1, -0.05) is 6.92 Å². The molecule has 0 radical (unpaired) electrons. The topological polar surface area (TPSA) is 88.2 Å². The third-order valence-electron chi connectivity index (χ3n) is 4.49. The van der Waals surface area contributed by atoms with Gasteiger partial charge >= 0.3 is 0 Å². The Labute approximate surface area is 161 Å². The molecule has 0 aliphatic carbocycles. The summed E-state index contributed by atoms with van der Waals surface area (Å²) >= 11 is 0. The lowest BCUT2D eigenvalue weighted by atomic mass is 10.2. The van der Waals surface area contributed by atoms with E-state index in [9.17, 15) is 13.2 Å². The number of methoxy groups -OCH3 is 1. The Bertz CT molecular complexity index is 702. The zero-order chi connectivity index (χ0) is 19.9. The second kappa shape index (κ2) is 9.91. The van der Waals surface area contributed by atoms with E-state index in [1.165, 1.54) is 4.31 Å². The van der Waals surface area contributed by atoms with E-state index in [4.69, 9.17) is 9.47 Å². The van der Waals surface area contributed by atoms with Crippen LogP contribution in [0.5, 0.6) is 5.75 Å². The first-order valence-electron chi connectivity index (χ1n) is 9.08. The molecule has 0 spiro atoms. The Morgan fingerprint density at radius 3 is 2.44 bits per heavy atom. The van der Waals surface area contributed by atoms with Gasteiger partial charge in [0, 0.05) is 26.2 Å². The van der Waals surface area contributed by atoms with Crippen LogP contribution >= 0.6 is 0 Å². The van der Waals surface area contributed by atoms with Gasteiger partial charge in [0.1, 0.15) is 11.8 Å². The normalized spacial score (nSPS) is 16.6. The van der Waals surface area contributed by atoms with Crippen LogP contribution in [0.3, 0.4) is 0 Å². The van der Waals surface area contributed by atoms with E-state index >= 15 is 0 Å². The molecular formula is C18H29N3O5S. The average molecular weight is 400 g/mol. The molecule has 1 aromatic rings. The number of hydrogen-bond donors (Lipinski definition) is 1. The van der Waals surface area contributed by atoms with Gasteiger partial charge in [0.2, 0.25) is 15.9 Å². The number of nitrogens with one attached hydrogen (secondary N) is 1. The number of anilines is 1. The van der Waals surface area contributed by atoms with Crippen LogP contribution in [0.4, 0.5) is 5.69 Å². The smallest absolute Gasteiger partial charge is 0.243 e. The summed E-state index contributed by atoms with van der Waals surface area (Å²) in [7, 11) is -2.09. The fourth-order valence-electron chi connectivity index (χ4n) is 3.07. The van der Waals surface area contributed by atoms with E-state index in [1.54, 1.807) is 38.3 Å². The van der Waals surface area contributed by atoms with Crippen LogP contribution < -0.4 is 14.4 Å². The molecule has 1 aliphatic rings. The van der Waals surface area contributed by atoms with Crippen LogP contribution in [0, 0.1) is 0 Å². The fraction of sp³-hybridized carbons (Fsp3) is 0.611. The SMILES string of the molecule is CC[C@@H](C(=O)NCCN1CCOCC1)N(c1ccc(OC)cc1)S(C)(=O)=O. The van der Waals surface area contributed by atoms with Crippen LogP contribution in [0.25, 0.3) is 0 Å². The minimum atomic E-state index is -3.63. The van der Waals surface area contributed by atoms with Crippen LogP contribution in [0.15, 0.2) is 24.3 Å². The molecule has 2 rings (SSSR count). The minimum Gasteiger partial charge on any atom is -0.497 e. The summed E-state index contributed by atoms with van der Waals surface area (Å²) in [6.07, 6.45) is 1.48. The average Bonchev–Trinajstić information content (AvgIpc) is 2.66. The number of morpholine rings is 1. The largest absolute Gasteiger partial charge is 0.497 e. The molecule has 9 heteroatoms. The molecule has 1 aliphatic heterocycles. The molecule has 0 aromatic heterocycles. The summed E-state index contributed by atoms with van der Waals surface area (Å²) in [5.74, 6) is 0.321. The molecule has 1 fully saturated rings. The van der Waals surface area contributed by atoms with Crippen molar-refractivity contribution in [2.24, 2.45) is 0 Å². The standard InChI is InChI=1S/C18H29N3O5S/c1-4-17(18(22)19-9-10-20-11-13-26-14-12-20)21(27(3,23)24)15-5-7-16(25-2)8-6-15/h5-8,17H,4,9-14H2,1-3H3,(H,19,22)/t17-/m0/s1. The van der Waals surface area contributed by atoms with Crippen LogP contribution in [0.1, 0.15) is 13.3 Å². The quantitative estimate of drug-likeness (QED) is 0.657. The van der Waals surface area contributed by atoms with E-state index in [2.05, 4.69) is 10.2 Å². The Balaban J connectivity index is 2.07. The number of nitrogens with zero attached hydrogens (tertiary/aromatic N) is 2. The molecule has 1 amide bonds. The van der Waals surface area contributed by atoms with E-state index in [0.717, 1.165) is 19.3 Å². The summed E-state index contributed by atoms with van der Waals surface area (Å²) < 4.78 is 36.4. The Hall–Kier alpha value is -1.84. The van der Waals surface area contributed by atoms with E-state index < -0.39 is 16.1 Å². The molecule has 1 atom stereocenters. The van der Waals surface area contributed by atoms with E-state index in [-0.39, 0.29) is 5.91 Å².